The Labute approximate surface area is 115 Å². The van der Waals surface area contributed by atoms with Crippen LogP contribution in [0, 0.1) is 0 Å². The second kappa shape index (κ2) is 4.72. The molecule has 1 unspecified atom stereocenters. The van der Waals surface area contributed by atoms with E-state index >= 15 is 0 Å². The summed E-state index contributed by atoms with van der Waals surface area (Å²) in [6.07, 6.45) is 0. The minimum Gasteiger partial charge on any atom is -0.378 e. The monoisotopic (exact) mass is 297 g/mol. The molecule has 20 heavy (non-hydrogen) atoms. The first-order valence-corrected chi connectivity index (χ1v) is 7.74. The van der Waals surface area contributed by atoms with Crippen LogP contribution in [0.2, 0.25) is 0 Å². The lowest BCUT2D eigenvalue weighted by Gasteiger charge is -2.32. The largest absolute Gasteiger partial charge is 0.378 e. The molecule has 0 aliphatic carbocycles. The zero-order valence-corrected chi connectivity index (χ0v) is 11.7. The highest BCUT2D eigenvalue weighted by Gasteiger charge is 2.31. The zero-order chi connectivity index (χ0) is 14.3. The van der Waals surface area contributed by atoms with Gasteiger partial charge in [-0.1, -0.05) is 0 Å². The molecule has 1 atom stereocenters. The number of morpholine rings is 1. The smallest absolute Gasteiger partial charge is 0.323 e. The van der Waals surface area contributed by atoms with Crippen molar-refractivity contribution in [2.24, 2.45) is 0 Å². The quantitative estimate of drug-likeness (QED) is 0.831. The van der Waals surface area contributed by atoms with E-state index in [1.807, 2.05) is 6.92 Å². The van der Waals surface area contributed by atoms with Crippen LogP contribution in [0.3, 0.4) is 0 Å². The lowest BCUT2D eigenvalue weighted by atomic mass is 10.3. The van der Waals surface area contributed by atoms with E-state index in [0.29, 0.717) is 30.8 Å². The van der Waals surface area contributed by atoms with Crippen LogP contribution in [-0.2, 0) is 14.8 Å². The first-order chi connectivity index (χ1) is 9.48. The number of sulfonamides is 1. The molecule has 1 aromatic carbocycles. The van der Waals surface area contributed by atoms with Gasteiger partial charge in [-0.05, 0) is 25.1 Å². The van der Waals surface area contributed by atoms with Gasteiger partial charge in [0.1, 0.15) is 0 Å². The summed E-state index contributed by atoms with van der Waals surface area (Å²) in [6, 6.07) is 4.37. The Morgan fingerprint density at radius 3 is 2.80 bits per heavy atom. The number of H-pyrrole nitrogens is 2. The third-order valence-electron chi connectivity index (χ3n) is 3.40. The highest BCUT2D eigenvalue weighted by molar-refractivity contribution is 7.89. The molecule has 1 aliphatic rings. The molecule has 0 spiro atoms. The molecular weight excluding hydrogens is 282 g/mol. The van der Waals surface area contributed by atoms with Gasteiger partial charge in [0.25, 0.3) is 0 Å². The van der Waals surface area contributed by atoms with Crippen LogP contribution in [0.1, 0.15) is 6.92 Å². The van der Waals surface area contributed by atoms with Gasteiger partial charge in [-0.15, -0.1) is 0 Å². The molecule has 1 aromatic heterocycles. The fraction of sp³-hybridized carbons (Fsp3) is 0.417. The number of aromatic nitrogens is 2. The van der Waals surface area contributed by atoms with Crippen molar-refractivity contribution in [3.63, 3.8) is 0 Å². The molecule has 7 nitrogen and oxygen atoms in total. The van der Waals surface area contributed by atoms with Crippen LogP contribution in [0.5, 0.6) is 0 Å². The summed E-state index contributed by atoms with van der Waals surface area (Å²) in [6.45, 7) is 2.94. The van der Waals surface area contributed by atoms with E-state index < -0.39 is 10.0 Å². The molecule has 0 bridgehead atoms. The summed E-state index contributed by atoms with van der Waals surface area (Å²) in [7, 11) is -3.58. The van der Waals surface area contributed by atoms with Gasteiger partial charge in [-0.3, -0.25) is 0 Å². The number of ether oxygens (including phenoxy) is 1. The van der Waals surface area contributed by atoms with E-state index in [1.54, 1.807) is 6.07 Å². The predicted octanol–water partition coefficient (Wildman–Crippen LogP) is 0.266. The Balaban J connectivity index is 2.05. The molecule has 108 valence electrons. The molecule has 1 fully saturated rings. The van der Waals surface area contributed by atoms with Crippen molar-refractivity contribution in [3.8, 4) is 0 Å². The number of benzene rings is 1. The number of nitrogens with one attached hydrogen (secondary N) is 2. The summed E-state index contributed by atoms with van der Waals surface area (Å²) >= 11 is 0. The number of fused-ring (bicyclic) bond motifs is 1. The molecule has 2 aromatic rings. The Kier molecular flexibility index (Phi) is 3.15. The summed E-state index contributed by atoms with van der Waals surface area (Å²) < 4.78 is 31.9. The van der Waals surface area contributed by atoms with Crippen molar-refractivity contribution < 1.29 is 13.2 Å². The fourth-order valence-electron chi connectivity index (χ4n) is 2.38. The van der Waals surface area contributed by atoms with Crippen molar-refractivity contribution >= 4 is 21.1 Å². The van der Waals surface area contributed by atoms with E-state index in [2.05, 4.69) is 9.97 Å². The van der Waals surface area contributed by atoms with Crippen molar-refractivity contribution in [2.75, 3.05) is 19.8 Å². The van der Waals surface area contributed by atoms with Gasteiger partial charge in [0.15, 0.2) is 0 Å². The number of imidazole rings is 1. The van der Waals surface area contributed by atoms with E-state index in [-0.39, 0.29) is 16.6 Å². The summed E-state index contributed by atoms with van der Waals surface area (Å²) in [5, 5.41) is 0. The molecule has 3 rings (SSSR count). The van der Waals surface area contributed by atoms with Gasteiger partial charge >= 0.3 is 5.69 Å². The first kappa shape index (κ1) is 13.3. The molecule has 2 N–H and O–H groups in total. The summed E-state index contributed by atoms with van der Waals surface area (Å²) in [5.74, 6) is 0. The second-order valence-electron chi connectivity index (χ2n) is 4.83. The predicted molar refractivity (Wildman–Crippen MR) is 73.1 cm³/mol. The third-order valence-corrected chi connectivity index (χ3v) is 5.41. The number of aromatic amines is 2. The Morgan fingerprint density at radius 2 is 2.05 bits per heavy atom. The Bertz CT molecular complexity index is 792. The number of rotatable bonds is 2. The highest BCUT2D eigenvalue weighted by atomic mass is 32.2. The molecule has 1 saturated heterocycles. The van der Waals surface area contributed by atoms with Gasteiger partial charge in [0.05, 0.1) is 29.1 Å². The Hall–Kier alpha value is -1.64. The van der Waals surface area contributed by atoms with Crippen LogP contribution >= 0.6 is 0 Å². The van der Waals surface area contributed by atoms with E-state index in [1.165, 1.54) is 16.4 Å². The summed E-state index contributed by atoms with van der Waals surface area (Å²) in [5.41, 5.74) is 0.718. The van der Waals surface area contributed by atoms with Crippen LogP contribution in [0.25, 0.3) is 11.0 Å². The fourth-order valence-corrected chi connectivity index (χ4v) is 4.00. The number of hydrogen-bond donors (Lipinski definition) is 2. The molecular formula is C12H15N3O4S. The van der Waals surface area contributed by atoms with Crippen molar-refractivity contribution in [3.05, 3.63) is 28.7 Å². The first-order valence-electron chi connectivity index (χ1n) is 6.30. The van der Waals surface area contributed by atoms with Crippen LogP contribution in [0.15, 0.2) is 27.9 Å². The average Bonchev–Trinajstić information content (AvgIpc) is 2.78. The highest BCUT2D eigenvalue weighted by Crippen LogP contribution is 2.22. The number of nitrogens with zero attached hydrogens (tertiary/aromatic N) is 1. The van der Waals surface area contributed by atoms with E-state index in [9.17, 15) is 13.2 Å². The van der Waals surface area contributed by atoms with Crippen LogP contribution < -0.4 is 5.69 Å². The lowest BCUT2D eigenvalue weighted by Crippen LogP contribution is -2.46. The minimum absolute atomic E-state index is 0.175. The third kappa shape index (κ3) is 2.15. The molecule has 1 aliphatic heterocycles. The summed E-state index contributed by atoms with van der Waals surface area (Å²) in [4.78, 5) is 16.5. The van der Waals surface area contributed by atoms with Gasteiger partial charge in [0, 0.05) is 12.6 Å². The van der Waals surface area contributed by atoms with Gasteiger partial charge in [-0.2, -0.15) is 4.31 Å². The SMILES string of the molecule is CC1COCCN1S(=O)(=O)c1ccc2[nH]c(=O)[nH]c2c1. The van der Waals surface area contributed by atoms with E-state index in [4.69, 9.17) is 4.74 Å². The van der Waals surface area contributed by atoms with Crippen LogP contribution in [-0.4, -0.2) is 48.5 Å². The van der Waals surface area contributed by atoms with Crippen molar-refractivity contribution in [1.82, 2.24) is 14.3 Å². The number of hydrogen-bond acceptors (Lipinski definition) is 4. The van der Waals surface area contributed by atoms with Gasteiger partial charge in [-0.25, -0.2) is 13.2 Å². The maximum atomic E-state index is 12.6. The molecule has 0 saturated carbocycles. The molecule has 0 radical (unpaired) electrons. The topological polar surface area (TPSA) is 95.3 Å². The van der Waals surface area contributed by atoms with Gasteiger partial charge < -0.3 is 14.7 Å². The minimum atomic E-state index is -3.58. The maximum Gasteiger partial charge on any atom is 0.323 e. The van der Waals surface area contributed by atoms with Crippen LogP contribution in [0.4, 0.5) is 0 Å². The standard InChI is InChI=1S/C12H15N3O4S/c1-8-7-19-5-4-15(8)20(17,18)9-2-3-10-11(6-9)14-12(16)13-10/h2-3,6,8H,4-5,7H2,1H3,(H2,13,14,16). The maximum absolute atomic E-state index is 12.6. The van der Waals surface area contributed by atoms with Crippen molar-refractivity contribution in [2.45, 2.75) is 17.9 Å². The second-order valence-corrected chi connectivity index (χ2v) is 6.72. The average molecular weight is 297 g/mol. The lowest BCUT2D eigenvalue weighted by molar-refractivity contribution is 0.0393. The molecule has 2 heterocycles. The Morgan fingerprint density at radius 1 is 1.30 bits per heavy atom. The van der Waals surface area contributed by atoms with Gasteiger partial charge in [0.2, 0.25) is 10.0 Å². The zero-order valence-electron chi connectivity index (χ0n) is 10.9. The molecule has 8 heteroatoms. The normalized spacial score (nSPS) is 21.4. The molecule has 0 amide bonds. The van der Waals surface area contributed by atoms with Crippen molar-refractivity contribution in [1.29, 1.82) is 0 Å². The van der Waals surface area contributed by atoms with E-state index in [0.717, 1.165) is 0 Å².